The zero-order valence-corrected chi connectivity index (χ0v) is 21.0. The number of ether oxygens (including phenoxy) is 3. The molecule has 2 atom stereocenters. The molecule has 0 saturated heterocycles. The van der Waals surface area contributed by atoms with Crippen molar-refractivity contribution in [3.05, 3.63) is 94.5 Å². The molecule has 0 bridgehead atoms. The molecular formula is C29H34ClNO3. The van der Waals surface area contributed by atoms with Gasteiger partial charge >= 0.3 is 0 Å². The molecule has 0 radical (unpaired) electrons. The van der Waals surface area contributed by atoms with Crippen LogP contribution in [0.4, 0.5) is 5.69 Å². The third-order valence-electron chi connectivity index (χ3n) is 6.10. The minimum Gasteiger partial charge on any atom is -0.485 e. The van der Waals surface area contributed by atoms with Crippen molar-refractivity contribution >= 4 is 17.3 Å². The van der Waals surface area contributed by atoms with Crippen molar-refractivity contribution in [2.24, 2.45) is 0 Å². The third-order valence-corrected chi connectivity index (χ3v) is 6.34. The summed E-state index contributed by atoms with van der Waals surface area (Å²) in [5.41, 5.74) is 3.76. The quantitative estimate of drug-likeness (QED) is 0.304. The van der Waals surface area contributed by atoms with E-state index in [1.54, 1.807) is 0 Å². The zero-order valence-electron chi connectivity index (χ0n) is 20.2. The summed E-state index contributed by atoms with van der Waals surface area (Å²) >= 11 is 6.18. The van der Waals surface area contributed by atoms with Crippen LogP contribution >= 0.6 is 11.6 Å². The Morgan fingerprint density at radius 1 is 0.941 bits per heavy atom. The standard InChI is InChI=1S/C29H34ClNO3/c1-4-5-16-32-27-25-18-24(31-19-21-10-7-6-8-11-21)14-15-26(25)34-29(2,3)28(27)33-20-22-12-9-13-23(30)17-22/h6-15,17-18,27-28,31H,4-5,16,19-20H2,1-3H3. The summed E-state index contributed by atoms with van der Waals surface area (Å²) in [5, 5.41) is 4.24. The van der Waals surface area contributed by atoms with Crippen molar-refractivity contribution < 1.29 is 14.2 Å². The molecule has 3 aromatic carbocycles. The SMILES string of the molecule is CCCCOC1c2cc(NCc3ccccc3)ccc2OC(C)(C)C1OCc1cccc(Cl)c1. The van der Waals surface area contributed by atoms with E-state index >= 15 is 0 Å². The second kappa shape index (κ2) is 11.3. The fraction of sp³-hybridized carbons (Fsp3) is 0.379. The van der Waals surface area contributed by atoms with Gasteiger partial charge in [-0.1, -0.05) is 67.4 Å². The smallest absolute Gasteiger partial charge is 0.132 e. The van der Waals surface area contributed by atoms with Crippen LogP contribution in [0.25, 0.3) is 0 Å². The van der Waals surface area contributed by atoms with Crippen LogP contribution in [-0.4, -0.2) is 18.3 Å². The number of nitrogens with one attached hydrogen (secondary N) is 1. The number of hydrogen-bond donors (Lipinski definition) is 1. The Balaban J connectivity index is 1.58. The van der Waals surface area contributed by atoms with Crippen molar-refractivity contribution in [3.8, 4) is 5.75 Å². The van der Waals surface area contributed by atoms with E-state index in [9.17, 15) is 0 Å². The number of anilines is 1. The van der Waals surface area contributed by atoms with Gasteiger partial charge < -0.3 is 19.5 Å². The van der Waals surface area contributed by atoms with Crippen LogP contribution in [0.15, 0.2) is 72.8 Å². The van der Waals surface area contributed by atoms with Gasteiger partial charge in [-0.15, -0.1) is 0 Å². The predicted molar refractivity (Wildman–Crippen MR) is 139 cm³/mol. The van der Waals surface area contributed by atoms with Gasteiger partial charge in [-0.25, -0.2) is 0 Å². The minimum absolute atomic E-state index is 0.233. The lowest BCUT2D eigenvalue weighted by Gasteiger charge is -2.44. The molecule has 34 heavy (non-hydrogen) atoms. The molecule has 0 saturated carbocycles. The van der Waals surface area contributed by atoms with Crippen LogP contribution < -0.4 is 10.1 Å². The van der Waals surface area contributed by atoms with Gasteiger partial charge in [0, 0.05) is 29.4 Å². The Kier molecular flexibility index (Phi) is 8.15. The molecule has 5 heteroatoms. The maximum atomic E-state index is 6.48. The molecule has 2 unspecified atom stereocenters. The Hall–Kier alpha value is -2.53. The number of fused-ring (bicyclic) bond motifs is 1. The zero-order chi connectivity index (χ0) is 24.0. The lowest BCUT2D eigenvalue weighted by Crippen LogP contribution is -2.51. The molecule has 1 N–H and O–H groups in total. The molecule has 0 aromatic heterocycles. The fourth-order valence-corrected chi connectivity index (χ4v) is 4.49. The van der Waals surface area contributed by atoms with Crippen LogP contribution in [0.3, 0.4) is 0 Å². The average Bonchev–Trinajstić information content (AvgIpc) is 2.82. The van der Waals surface area contributed by atoms with Crippen LogP contribution in [0.2, 0.25) is 5.02 Å². The Morgan fingerprint density at radius 3 is 2.50 bits per heavy atom. The highest BCUT2D eigenvalue weighted by atomic mass is 35.5. The molecule has 1 aliphatic rings. The van der Waals surface area contributed by atoms with E-state index in [1.165, 1.54) is 5.56 Å². The second-order valence-electron chi connectivity index (χ2n) is 9.30. The van der Waals surface area contributed by atoms with Crippen molar-refractivity contribution in [3.63, 3.8) is 0 Å². The summed E-state index contributed by atoms with van der Waals surface area (Å²) in [6.07, 6.45) is 1.56. The first-order valence-corrected chi connectivity index (χ1v) is 12.4. The number of unbranched alkanes of at least 4 members (excludes halogenated alkanes) is 1. The van der Waals surface area contributed by atoms with E-state index < -0.39 is 5.60 Å². The first kappa shape index (κ1) is 24.6. The molecule has 0 amide bonds. The van der Waals surface area contributed by atoms with E-state index in [0.29, 0.717) is 18.2 Å². The summed E-state index contributed by atoms with van der Waals surface area (Å²) in [4.78, 5) is 0. The van der Waals surface area contributed by atoms with Crippen molar-refractivity contribution in [2.75, 3.05) is 11.9 Å². The van der Waals surface area contributed by atoms with E-state index in [0.717, 1.165) is 42.0 Å². The van der Waals surface area contributed by atoms with Gasteiger partial charge in [0.25, 0.3) is 0 Å². The lowest BCUT2D eigenvalue weighted by molar-refractivity contribution is -0.167. The second-order valence-corrected chi connectivity index (χ2v) is 9.74. The van der Waals surface area contributed by atoms with Gasteiger partial charge in [0.15, 0.2) is 0 Å². The lowest BCUT2D eigenvalue weighted by atomic mass is 9.87. The largest absolute Gasteiger partial charge is 0.485 e. The molecule has 1 heterocycles. The number of benzene rings is 3. The van der Waals surface area contributed by atoms with Crippen LogP contribution in [0.5, 0.6) is 5.75 Å². The van der Waals surface area contributed by atoms with E-state index in [2.05, 4.69) is 62.5 Å². The number of hydrogen-bond acceptors (Lipinski definition) is 4. The van der Waals surface area contributed by atoms with Gasteiger partial charge in [0.2, 0.25) is 0 Å². The first-order chi connectivity index (χ1) is 16.5. The van der Waals surface area contributed by atoms with E-state index in [4.69, 9.17) is 25.8 Å². The van der Waals surface area contributed by atoms with Gasteiger partial charge in [-0.05, 0) is 61.7 Å². The van der Waals surface area contributed by atoms with Crippen LogP contribution in [-0.2, 0) is 22.6 Å². The first-order valence-electron chi connectivity index (χ1n) is 12.0. The molecule has 0 fully saturated rings. The summed E-state index contributed by atoms with van der Waals surface area (Å²) in [7, 11) is 0. The highest BCUT2D eigenvalue weighted by Crippen LogP contribution is 2.44. The minimum atomic E-state index is -0.554. The molecule has 3 aromatic rings. The van der Waals surface area contributed by atoms with Crippen molar-refractivity contribution in [1.82, 2.24) is 0 Å². The van der Waals surface area contributed by atoms with Gasteiger partial charge in [-0.2, -0.15) is 0 Å². The van der Waals surface area contributed by atoms with E-state index in [-0.39, 0.29) is 12.2 Å². The highest BCUT2D eigenvalue weighted by molar-refractivity contribution is 6.30. The molecule has 0 aliphatic carbocycles. The molecule has 0 spiro atoms. The molecule has 1 aliphatic heterocycles. The molecule has 4 nitrogen and oxygen atoms in total. The van der Waals surface area contributed by atoms with Crippen molar-refractivity contribution in [2.45, 2.75) is 64.6 Å². The summed E-state index contributed by atoms with van der Waals surface area (Å²) in [6.45, 7) is 8.17. The molecule has 4 rings (SSSR count). The number of halogens is 1. The maximum absolute atomic E-state index is 6.48. The van der Waals surface area contributed by atoms with Gasteiger partial charge in [0.1, 0.15) is 23.6 Å². The topological polar surface area (TPSA) is 39.7 Å². The summed E-state index contributed by atoms with van der Waals surface area (Å²) in [5.74, 6) is 0.847. The monoisotopic (exact) mass is 479 g/mol. The third kappa shape index (κ3) is 6.12. The highest BCUT2D eigenvalue weighted by Gasteiger charge is 2.45. The summed E-state index contributed by atoms with van der Waals surface area (Å²) in [6, 6.07) is 24.4. The van der Waals surface area contributed by atoms with Crippen LogP contribution in [0.1, 0.15) is 56.4 Å². The van der Waals surface area contributed by atoms with Crippen LogP contribution in [0, 0.1) is 0 Å². The maximum Gasteiger partial charge on any atom is 0.132 e. The Morgan fingerprint density at radius 2 is 1.74 bits per heavy atom. The van der Waals surface area contributed by atoms with E-state index in [1.807, 2.05) is 36.4 Å². The van der Waals surface area contributed by atoms with Crippen molar-refractivity contribution in [1.29, 1.82) is 0 Å². The van der Waals surface area contributed by atoms with Gasteiger partial charge in [-0.3, -0.25) is 0 Å². The normalized spacial score (nSPS) is 18.7. The summed E-state index contributed by atoms with van der Waals surface area (Å²) < 4.78 is 19.4. The Labute approximate surface area is 208 Å². The Bertz CT molecular complexity index is 1070. The predicted octanol–water partition coefficient (Wildman–Crippen LogP) is 7.57. The fourth-order valence-electron chi connectivity index (χ4n) is 4.28. The average molecular weight is 480 g/mol. The van der Waals surface area contributed by atoms with Gasteiger partial charge in [0.05, 0.1) is 6.61 Å². The molecular weight excluding hydrogens is 446 g/mol. The number of rotatable bonds is 10. The molecule has 180 valence electrons.